The minimum Gasteiger partial charge on any atom is -0.494 e. The second-order valence-electron chi connectivity index (χ2n) is 7.51. The number of esters is 1. The van der Waals surface area contributed by atoms with Gasteiger partial charge in [0.05, 0.1) is 42.9 Å². The number of para-hydroxylation sites is 2. The van der Waals surface area contributed by atoms with Gasteiger partial charge in [0.2, 0.25) is 0 Å². The average Bonchev–Trinajstić information content (AvgIpc) is 3.47. The molecule has 0 radical (unpaired) electrons. The van der Waals surface area contributed by atoms with E-state index in [1.165, 1.54) is 18.9 Å². The van der Waals surface area contributed by atoms with Gasteiger partial charge >= 0.3 is 5.97 Å². The number of carbonyl (C=O) groups excluding carboxylic acids is 2. The maximum atomic E-state index is 13.2. The van der Waals surface area contributed by atoms with E-state index in [0.29, 0.717) is 51.7 Å². The van der Waals surface area contributed by atoms with Crippen molar-refractivity contribution in [1.82, 2.24) is 4.90 Å². The smallest absolute Gasteiger partial charge is 0.339 e. The summed E-state index contributed by atoms with van der Waals surface area (Å²) in [7, 11) is 4.44. The number of aliphatic imine (C=N–C) groups is 1. The number of amidine groups is 1. The molecule has 3 aromatic rings. The van der Waals surface area contributed by atoms with Crippen LogP contribution in [0.15, 0.2) is 68.9 Å². The Morgan fingerprint density at radius 1 is 1.14 bits per heavy atom. The first-order chi connectivity index (χ1) is 17.4. The number of methoxy groups -OCH3 is 3. The topological polar surface area (TPSA) is 90.6 Å². The number of amides is 1. The predicted octanol–water partition coefficient (Wildman–Crippen LogP) is 5.65. The van der Waals surface area contributed by atoms with Crippen LogP contribution < -0.4 is 4.74 Å². The van der Waals surface area contributed by atoms with Gasteiger partial charge in [0.25, 0.3) is 5.91 Å². The molecule has 4 rings (SSSR count). The number of nitrogens with zero attached hydrogens (tertiary/aromatic N) is 2. The molecule has 8 nitrogen and oxygen atoms in total. The van der Waals surface area contributed by atoms with Gasteiger partial charge in [-0.3, -0.25) is 9.69 Å². The van der Waals surface area contributed by atoms with Gasteiger partial charge in [0, 0.05) is 18.7 Å². The maximum Gasteiger partial charge on any atom is 0.339 e. The quantitative estimate of drug-likeness (QED) is 0.277. The van der Waals surface area contributed by atoms with Gasteiger partial charge in [-0.15, -0.1) is 0 Å². The van der Waals surface area contributed by atoms with Gasteiger partial charge in [-0.25, -0.2) is 9.79 Å². The van der Waals surface area contributed by atoms with Crippen LogP contribution >= 0.6 is 23.4 Å². The highest BCUT2D eigenvalue weighted by atomic mass is 35.5. The van der Waals surface area contributed by atoms with Crippen molar-refractivity contribution in [2.45, 2.75) is 0 Å². The van der Waals surface area contributed by atoms with Crippen LogP contribution in [0.1, 0.15) is 16.1 Å². The largest absolute Gasteiger partial charge is 0.494 e. The van der Waals surface area contributed by atoms with E-state index in [9.17, 15) is 9.59 Å². The predicted molar refractivity (Wildman–Crippen MR) is 140 cm³/mol. The van der Waals surface area contributed by atoms with E-state index in [-0.39, 0.29) is 16.5 Å². The van der Waals surface area contributed by atoms with Gasteiger partial charge in [-0.05, 0) is 54.2 Å². The summed E-state index contributed by atoms with van der Waals surface area (Å²) in [5, 5.41) is 0.797. The van der Waals surface area contributed by atoms with Crippen molar-refractivity contribution in [1.29, 1.82) is 0 Å². The summed E-state index contributed by atoms with van der Waals surface area (Å²) in [6, 6.07) is 15.8. The summed E-state index contributed by atoms with van der Waals surface area (Å²) in [5.74, 6) is 0.843. The molecule has 2 heterocycles. The van der Waals surface area contributed by atoms with Gasteiger partial charge in [-0.2, -0.15) is 0 Å². The molecule has 0 atom stereocenters. The number of rotatable bonds is 8. The number of carbonyl (C=O) groups is 2. The summed E-state index contributed by atoms with van der Waals surface area (Å²) in [4.78, 5) is 31.9. The minimum atomic E-state index is -0.540. The first kappa shape index (κ1) is 25.6. The highest BCUT2D eigenvalue weighted by molar-refractivity contribution is 8.18. The Morgan fingerprint density at radius 3 is 2.69 bits per heavy atom. The van der Waals surface area contributed by atoms with E-state index in [1.807, 2.05) is 24.3 Å². The Kier molecular flexibility index (Phi) is 8.14. The Labute approximate surface area is 217 Å². The van der Waals surface area contributed by atoms with Crippen LogP contribution in [0.25, 0.3) is 17.4 Å². The molecule has 10 heteroatoms. The molecule has 1 aromatic heterocycles. The Balaban J connectivity index is 1.64. The molecular weight excluding hydrogens is 504 g/mol. The van der Waals surface area contributed by atoms with E-state index in [1.54, 1.807) is 55.5 Å². The zero-order valence-corrected chi connectivity index (χ0v) is 21.4. The average molecular weight is 527 g/mol. The summed E-state index contributed by atoms with van der Waals surface area (Å²) >= 11 is 7.36. The zero-order valence-electron chi connectivity index (χ0n) is 19.8. The maximum absolute atomic E-state index is 13.2. The standard InChI is InChI=1S/C26H23ClN2O6S/c1-32-13-12-29-24(30)23(36-26(29)28-20-6-4-5-7-22(20)33-2)15-17-9-11-21(35-17)16-8-10-19(27)18(14-16)25(31)34-3/h4-11,14-15H,12-13H2,1-3H3/b23-15+,28-26?. The third-order valence-corrected chi connectivity index (χ3v) is 6.60. The van der Waals surface area contributed by atoms with Crippen molar-refractivity contribution >= 4 is 52.2 Å². The van der Waals surface area contributed by atoms with E-state index in [0.717, 1.165) is 0 Å². The van der Waals surface area contributed by atoms with Crippen LogP contribution in [0.2, 0.25) is 5.02 Å². The second kappa shape index (κ2) is 11.5. The lowest BCUT2D eigenvalue weighted by atomic mass is 10.1. The molecule has 1 fully saturated rings. The molecule has 0 unspecified atom stereocenters. The Morgan fingerprint density at radius 2 is 1.94 bits per heavy atom. The van der Waals surface area contributed by atoms with Gasteiger partial charge in [0.1, 0.15) is 23.0 Å². The normalized spacial score (nSPS) is 15.7. The number of furan rings is 1. The Hall–Kier alpha value is -3.53. The highest BCUT2D eigenvalue weighted by Gasteiger charge is 2.33. The number of hydrogen-bond acceptors (Lipinski definition) is 8. The van der Waals surface area contributed by atoms with Crippen molar-refractivity contribution in [2.75, 3.05) is 34.5 Å². The van der Waals surface area contributed by atoms with Crippen molar-refractivity contribution in [3.05, 3.63) is 75.8 Å². The molecular formula is C26H23ClN2O6S. The highest BCUT2D eigenvalue weighted by Crippen LogP contribution is 2.37. The van der Waals surface area contributed by atoms with Crippen LogP contribution in [0.5, 0.6) is 5.75 Å². The van der Waals surface area contributed by atoms with Crippen LogP contribution in [-0.4, -0.2) is 56.4 Å². The lowest BCUT2D eigenvalue weighted by Gasteiger charge is -2.15. The molecule has 0 spiro atoms. The molecule has 1 aliphatic rings. The summed E-state index contributed by atoms with van der Waals surface area (Å²) < 4.78 is 21.3. The third-order valence-electron chi connectivity index (χ3n) is 5.26. The second-order valence-corrected chi connectivity index (χ2v) is 8.93. The first-order valence-corrected chi connectivity index (χ1v) is 12.0. The van der Waals surface area contributed by atoms with Crippen molar-refractivity contribution in [3.8, 4) is 17.1 Å². The lowest BCUT2D eigenvalue weighted by Crippen LogP contribution is -2.32. The number of ether oxygens (including phenoxy) is 3. The summed E-state index contributed by atoms with van der Waals surface area (Å²) in [6.45, 7) is 0.701. The molecule has 1 amide bonds. The monoisotopic (exact) mass is 526 g/mol. The van der Waals surface area contributed by atoms with E-state index >= 15 is 0 Å². The minimum absolute atomic E-state index is 0.205. The van der Waals surface area contributed by atoms with Gasteiger partial charge in [0.15, 0.2) is 5.17 Å². The van der Waals surface area contributed by atoms with E-state index in [4.69, 9.17) is 30.2 Å². The number of thioether (sulfide) groups is 1. The molecule has 1 saturated heterocycles. The molecule has 1 aliphatic heterocycles. The van der Waals surface area contributed by atoms with Crippen LogP contribution in [0.3, 0.4) is 0 Å². The Bertz CT molecular complexity index is 1350. The molecule has 2 aromatic carbocycles. The number of halogens is 1. The van der Waals surface area contributed by atoms with Crippen LogP contribution in [-0.2, 0) is 14.3 Å². The van der Waals surface area contributed by atoms with Gasteiger partial charge < -0.3 is 18.6 Å². The van der Waals surface area contributed by atoms with Crippen LogP contribution in [0.4, 0.5) is 5.69 Å². The number of hydrogen-bond donors (Lipinski definition) is 0. The SMILES string of the molecule is COCCN1C(=O)/C(=C\c2ccc(-c3ccc(Cl)c(C(=O)OC)c3)o2)SC1=Nc1ccccc1OC. The molecule has 0 aliphatic carbocycles. The molecule has 0 N–H and O–H groups in total. The molecule has 0 saturated carbocycles. The third kappa shape index (κ3) is 5.48. The fourth-order valence-electron chi connectivity index (χ4n) is 3.46. The fraction of sp³-hybridized carbons (Fsp3) is 0.192. The lowest BCUT2D eigenvalue weighted by molar-refractivity contribution is -0.122. The molecule has 0 bridgehead atoms. The molecule has 186 valence electrons. The fourth-order valence-corrected chi connectivity index (χ4v) is 4.65. The van der Waals surface area contributed by atoms with Crippen molar-refractivity contribution in [2.24, 2.45) is 4.99 Å². The number of benzene rings is 2. The van der Waals surface area contributed by atoms with Crippen LogP contribution in [0, 0.1) is 0 Å². The van der Waals surface area contributed by atoms with Crippen molar-refractivity contribution in [3.63, 3.8) is 0 Å². The summed E-state index contributed by atoms with van der Waals surface area (Å²) in [6.07, 6.45) is 1.66. The zero-order chi connectivity index (χ0) is 25.7. The van der Waals surface area contributed by atoms with Gasteiger partial charge in [-0.1, -0.05) is 23.7 Å². The molecule has 36 heavy (non-hydrogen) atoms. The van der Waals surface area contributed by atoms with E-state index in [2.05, 4.69) is 4.99 Å². The van der Waals surface area contributed by atoms with Crippen molar-refractivity contribution < 1.29 is 28.2 Å². The summed E-state index contributed by atoms with van der Waals surface area (Å²) in [5.41, 5.74) is 1.50. The first-order valence-electron chi connectivity index (χ1n) is 10.8. The van der Waals surface area contributed by atoms with E-state index < -0.39 is 5.97 Å².